The summed E-state index contributed by atoms with van der Waals surface area (Å²) in [4.78, 5) is 5.36. The van der Waals surface area contributed by atoms with Crippen molar-refractivity contribution in [1.29, 1.82) is 0 Å². The van der Waals surface area contributed by atoms with Crippen LogP contribution in [0.25, 0.3) is 10.9 Å². The van der Waals surface area contributed by atoms with Gasteiger partial charge in [-0.1, -0.05) is 0 Å². The van der Waals surface area contributed by atoms with Gasteiger partial charge in [-0.15, -0.1) is 11.8 Å². The average Bonchev–Trinajstić information content (AvgIpc) is 2.51. The number of anilines is 2. The highest BCUT2D eigenvalue weighted by Gasteiger charge is 2.08. The Morgan fingerprint density at radius 1 is 1.00 bits per heavy atom. The van der Waals surface area contributed by atoms with E-state index >= 15 is 0 Å². The summed E-state index contributed by atoms with van der Waals surface area (Å²) in [6, 6.07) is 11.0. The van der Waals surface area contributed by atoms with Crippen molar-refractivity contribution < 1.29 is 8.78 Å². The first-order chi connectivity index (χ1) is 10.2. The van der Waals surface area contributed by atoms with Crippen LogP contribution < -0.4 is 5.32 Å². The molecule has 1 N–H and O–H groups in total. The van der Waals surface area contributed by atoms with Crippen molar-refractivity contribution in [2.45, 2.75) is 4.90 Å². The molecule has 0 bridgehead atoms. The maximum Gasteiger partial charge on any atom is 0.146 e. The van der Waals surface area contributed by atoms with Crippen molar-refractivity contribution >= 4 is 34.0 Å². The molecule has 0 unspecified atom stereocenters. The predicted octanol–water partition coefficient (Wildman–Crippen LogP) is 4.98. The molecule has 1 heterocycles. The molecule has 3 rings (SSSR count). The van der Waals surface area contributed by atoms with Gasteiger partial charge in [0.25, 0.3) is 0 Å². The Bertz CT molecular complexity index is 805. The van der Waals surface area contributed by atoms with E-state index in [4.69, 9.17) is 0 Å². The highest BCUT2D eigenvalue weighted by Crippen LogP contribution is 2.29. The summed E-state index contributed by atoms with van der Waals surface area (Å²) in [5.74, 6) is -0.982. The molecule has 0 amide bonds. The molecule has 106 valence electrons. The van der Waals surface area contributed by atoms with E-state index in [1.807, 2.05) is 24.5 Å². The summed E-state index contributed by atoms with van der Waals surface area (Å²) in [6.07, 6.45) is 3.62. The fourth-order valence-corrected chi connectivity index (χ4v) is 2.54. The second-order valence-corrected chi connectivity index (χ2v) is 5.37. The van der Waals surface area contributed by atoms with Gasteiger partial charge < -0.3 is 5.32 Å². The van der Waals surface area contributed by atoms with Crippen LogP contribution in [0, 0.1) is 11.6 Å². The summed E-state index contributed by atoms with van der Waals surface area (Å²) >= 11 is 1.61. The number of nitrogens with zero attached hydrogens (tertiary/aromatic N) is 1. The molecule has 0 aliphatic rings. The minimum atomic E-state index is -0.498. The summed E-state index contributed by atoms with van der Waals surface area (Å²) in [5.41, 5.74) is 1.60. The molecule has 0 aliphatic heterocycles. The number of halogens is 2. The van der Waals surface area contributed by atoms with E-state index in [0.29, 0.717) is 5.69 Å². The molecule has 0 radical (unpaired) electrons. The molecule has 1 aromatic heterocycles. The average molecular weight is 302 g/mol. The first-order valence-corrected chi connectivity index (χ1v) is 7.54. The summed E-state index contributed by atoms with van der Waals surface area (Å²) < 4.78 is 27.0. The van der Waals surface area contributed by atoms with E-state index < -0.39 is 11.6 Å². The van der Waals surface area contributed by atoms with Gasteiger partial charge in [0, 0.05) is 28.2 Å². The maximum absolute atomic E-state index is 13.8. The first kappa shape index (κ1) is 13.8. The summed E-state index contributed by atoms with van der Waals surface area (Å²) in [7, 11) is 0. The maximum atomic E-state index is 13.8. The molecule has 0 fully saturated rings. The Hall–Kier alpha value is -2.14. The van der Waals surface area contributed by atoms with E-state index in [2.05, 4.69) is 10.3 Å². The first-order valence-electron chi connectivity index (χ1n) is 6.32. The van der Waals surface area contributed by atoms with Crippen LogP contribution in [0.15, 0.2) is 53.6 Å². The smallest absolute Gasteiger partial charge is 0.146 e. The van der Waals surface area contributed by atoms with Crippen LogP contribution in [0.3, 0.4) is 0 Å². The van der Waals surface area contributed by atoms with E-state index in [1.54, 1.807) is 24.0 Å². The van der Waals surface area contributed by atoms with Gasteiger partial charge in [-0.2, -0.15) is 0 Å². The minimum Gasteiger partial charge on any atom is -0.352 e. The number of hydrogen-bond acceptors (Lipinski definition) is 3. The monoisotopic (exact) mass is 302 g/mol. The number of fused-ring (bicyclic) bond motifs is 1. The quantitative estimate of drug-likeness (QED) is 0.691. The Labute approximate surface area is 125 Å². The topological polar surface area (TPSA) is 24.9 Å². The molecule has 0 saturated heterocycles. The Kier molecular flexibility index (Phi) is 3.75. The lowest BCUT2D eigenvalue weighted by atomic mass is 10.1. The number of benzene rings is 2. The van der Waals surface area contributed by atoms with Gasteiger partial charge in [-0.25, -0.2) is 8.78 Å². The SMILES string of the molecule is CSc1ccc2nccc(Nc3cc(F)ccc3F)c2c1. The summed E-state index contributed by atoms with van der Waals surface area (Å²) in [5, 5.41) is 3.81. The van der Waals surface area contributed by atoms with Gasteiger partial charge in [-0.3, -0.25) is 4.98 Å². The van der Waals surface area contributed by atoms with E-state index in [0.717, 1.165) is 34.0 Å². The van der Waals surface area contributed by atoms with Gasteiger partial charge in [-0.05, 0) is 42.7 Å². The molecule has 0 saturated carbocycles. The molecule has 0 spiro atoms. The van der Waals surface area contributed by atoms with Gasteiger partial charge in [0.1, 0.15) is 11.6 Å². The standard InChI is InChI=1S/C16H12F2N2S/c1-21-11-3-5-14-12(9-11)15(6-7-19-14)20-16-8-10(17)2-4-13(16)18/h2-9H,1H3,(H,19,20). The second-order valence-electron chi connectivity index (χ2n) is 4.49. The van der Waals surface area contributed by atoms with Gasteiger partial charge in [0.05, 0.1) is 11.2 Å². The molecule has 5 heteroatoms. The highest BCUT2D eigenvalue weighted by atomic mass is 32.2. The van der Waals surface area contributed by atoms with Crippen LogP contribution in [0.1, 0.15) is 0 Å². The number of rotatable bonds is 3. The van der Waals surface area contributed by atoms with Crippen LogP contribution in [0.5, 0.6) is 0 Å². The Morgan fingerprint density at radius 3 is 2.67 bits per heavy atom. The number of hydrogen-bond donors (Lipinski definition) is 1. The number of pyridine rings is 1. The predicted molar refractivity (Wildman–Crippen MR) is 83.2 cm³/mol. The molecular weight excluding hydrogens is 290 g/mol. The van der Waals surface area contributed by atoms with Gasteiger partial charge >= 0.3 is 0 Å². The zero-order chi connectivity index (χ0) is 14.8. The Balaban J connectivity index is 2.09. The minimum absolute atomic E-state index is 0.108. The highest BCUT2D eigenvalue weighted by molar-refractivity contribution is 7.98. The van der Waals surface area contributed by atoms with Gasteiger partial charge in [0.15, 0.2) is 0 Å². The van der Waals surface area contributed by atoms with Crippen molar-refractivity contribution in [1.82, 2.24) is 4.98 Å². The van der Waals surface area contributed by atoms with E-state index in [-0.39, 0.29) is 5.69 Å². The zero-order valence-corrected chi connectivity index (χ0v) is 12.0. The normalized spacial score (nSPS) is 10.8. The third-order valence-corrected chi connectivity index (χ3v) is 3.87. The molecule has 3 aromatic rings. The van der Waals surface area contributed by atoms with E-state index in [9.17, 15) is 8.78 Å². The van der Waals surface area contributed by atoms with Crippen LogP contribution in [-0.4, -0.2) is 11.2 Å². The van der Waals surface area contributed by atoms with Crippen molar-refractivity contribution in [2.75, 3.05) is 11.6 Å². The third kappa shape index (κ3) is 2.83. The van der Waals surface area contributed by atoms with Crippen LogP contribution in [0.4, 0.5) is 20.2 Å². The van der Waals surface area contributed by atoms with Crippen molar-refractivity contribution in [3.63, 3.8) is 0 Å². The lowest BCUT2D eigenvalue weighted by Gasteiger charge is -2.11. The third-order valence-electron chi connectivity index (χ3n) is 3.15. The Morgan fingerprint density at radius 2 is 1.86 bits per heavy atom. The molecule has 2 nitrogen and oxygen atoms in total. The van der Waals surface area contributed by atoms with Crippen molar-refractivity contribution in [2.24, 2.45) is 0 Å². The number of aromatic nitrogens is 1. The fraction of sp³-hybridized carbons (Fsp3) is 0.0625. The van der Waals surface area contributed by atoms with Crippen LogP contribution in [-0.2, 0) is 0 Å². The van der Waals surface area contributed by atoms with Crippen LogP contribution in [0.2, 0.25) is 0 Å². The number of nitrogens with one attached hydrogen (secondary N) is 1. The van der Waals surface area contributed by atoms with Crippen molar-refractivity contribution in [3.05, 3.63) is 60.3 Å². The summed E-state index contributed by atoms with van der Waals surface area (Å²) in [6.45, 7) is 0. The molecule has 21 heavy (non-hydrogen) atoms. The van der Waals surface area contributed by atoms with Crippen molar-refractivity contribution in [3.8, 4) is 0 Å². The molecule has 2 aromatic carbocycles. The lowest BCUT2D eigenvalue weighted by molar-refractivity contribution is 0.603. The number of thioether (sulfide) groups is 1. The van der Waals surface area contributed by atoms with Crippen LogP contribution >= 0.6 is 11.8 Å². The van der Waals surface area contributed by atoms with Gasteiger partial charge in [0.2, 0.25) is 0 Å². The molecule has 0 atom stereocenters. The molecule has 0 aliphatic carbocycles. The van der Waals surface area contributed by atoms with E-state index in [1.165, 1.54) is 0 Å². The molecular formula is C16H12F2N2S. The lowest BCUT2D eigenvalue weighted by Crippen LogP contribution is -1.96. The zero-order valence-electron chi connectivity index (χ0n) is 11.2. The fourth-order valence-electron chi connectivity index (χ4n) is 2.10. The second kappa shape index (κ2) is 5.69. The largest absolute Gasteiger partial charge is 0.352 e.